The molecule has 36 heavy (non-hydrogen) atoms. The van der Waals surface area contributed by atoms with Gasteiger partial charge in [0.25, 0.3) is 0 Å². The second kappa shape index (κ2) is 8.42. The zero-order chi connectivity index (χ0) is 25.8. The number of aromatic nitrogens is 1. The van der Waals surface area contributed by atoms with Gasteiger partial charge in [0, 0.05) is 28.8 Å². The first-order valence-electron chi connectivity index (χ1n) is 11.2. The van der Waals surface area contributed by atoms with E-state index in [9.17, 15) is 22.4 Å². The van der Waals surface area contributed by atoms with Crippen LogP contribution in [0.25, 0.3) is 10.9 Å². The van der Waals surface area contributed by atoms with Crippen molar-refractivity contribution in [1.29, 1.82) is 0 Å². The summed E-state index contributed by atoms with van der Waals surface area (Å²) in [4.78, 5) is 17.1. The smallest absolute Gasteiger partial charge is 0.493 e. The highest BCUT2D eigenvalue weighted by Crippen LogP contribution is 2.49. The second-order valence-corrected chi connectivity index (χ2v) is 8.53. The number of hydrogen-bond acceptors (Lipinski definition) is 7. The molecule has 1 fully saturated rings. The molecule has 7 nitrogen and oxygen atoms in total. The average Bonchev–Trinajstić information content (AvgIpc) is 3.67. The molecule has 190 valence electrons. The molecule has 0 radical (unpaired) electrons. The van der Waals surface area contributed by atoms with Crippen LogP contribution in [0.2, 0.25) is 0 Å². The summed E-state index contributed by atoms with van der Waals surface area (Å²) in [5.41, 5.74) is 1.96. The number of halogens is 4. The van der Waals surface area contributed by atoms with Gasteiger partial charge in [0.15, 0.2) is 23.0 Å². The Labute approximate surface area is 202 Å². The number of esters is 1. The van der Waals surface area contributed by atoms with Crippen LogP contribution in [-0.4, -0.2) is 30.3 Å². The Hall–Kier alpha value is -3.76. The first kappa shape index (κ1) is 24.0. The first-order chi connectivity index (χ1) is 17.0. The van der Waals surface area contributed by atoms with E-state index in [1.54, 1.807) is 12.1 Å². The lowest BCUT2D eigenvalue weighted by molar-refractivity contribution is -0.391. The molecule has 0 unspecified atom stereocenters. The van der Waals surface area contributed by atoms with Gasteiger partial charge in [-0.3, -0.25) is 9.78 Å². The Kier molecular flexibility index (Phi) is 5.60. The maximum Gasteiger partial charge on any atom is 0.507 e. The largest absolute Gasteiger partial charge is 0.507 e. The maximum atomic E-state index is 13.6. The van der Waals surface area contributed by atoms with Crippen molar-refractivity contribution in [3.8, 4) is 34.5 Å². The molecule has 1 aliphatic carbocycles. The quantitative estimate of drug-likeness (QED) is 0.291. The molecule has 0 amide bonds. The number of ether oxygens (including phenoxy) is 5. The molecule has 1 aromatic heterocycles. The molecule has 1 saturated carbocycles. The minimum Gasteiger partial charge on any atom is -0.493 e. The first-order valence-corrected chi connectivity index (χ1v) is 11.2. The summed E-state index contributed by atoms with van der Waals surface area (Å²) in [5.74, 6) is -0.893. The van der Waals surface area contributed by atoms with Gasteiger partial charge in [-0.05, 0) is 44.4 Å². The highest BCUT2D eigenvalue weighted by atomic mass is 19.3. The Bertz CT molecular complexity index is 1370. The number of alkyl halides is 4. The van der Waals surface area contributed by atoms with E-state index in [0.717, 1.165) is 30.7 Å². The van der Waals surface area contributed by atoms with Gasteiger partial charge in [0.1, 0.15) is 11.5 Å². The maximum absolute atomic E-state index is 13.6. The number of carbonyl (C=O) groups is 1. The van der Waals surface area contributed by atoms with Gasteiger partial charge in [-0.15, -0.1) is 0 Å². The monoisotopic (exact) mass is 507 g/mol. The van der Waals surface area contributed by atoms with E-state index in [1.807, 2.05) is 13.8 Å². The number of nitrogens with zero attached hydrogens (tertiary/aromatic N) is 1. The zero-order valence-corrected chi connectivity index (χ0v) is 19.5. The lowest BCUT2D eigenvalue weighted by Crippen LogP contribution is -2.52. The van der Waals surface area contributed by atoms with Crippen LogP contribution in [0.4, 0.5) is 17.6 Å². The Morgan fingerprint density at radius 2 is 1.75 bits per heavy atom. The van der Waals surface area contributed by atoms with Crippen LogP contribution in [0.3, 0.4) is 0 Å². The highest BCUT2D eigenvalue weighted by Gasteiger charge is 2.66. The minimum absolute atomic E-state index is 0.0117. The van der Waals surface area contributed by atoms with Crippen LogP contribution in [0.5, 0.6) is 34.5 Å². The highest BCUT2D eigenvalue weighted by molar-refractivity contribution is 5.92. The Morgan fingerprint density at radius 1 is 1.06 bits per heavy atom. The topological polar surface area (TPSA) is 76.1 Å². The number of hydrogen-bond donors (Lipinski definition) is 0. The molecule has 11 heteroatoms. The van der Waals surface area contributed by atoms with Gasteiger partial charge in [0.05, 0.1) is 18.5 Å². The fourth-order valence-corrected chi connectivity index (χ4v) is 3.84. The zero-order valence-electron chi connectivity index (χ0n) is 19.5. The van der Waals surface area contributed by atoms with Gasteiger partial charge in [0.2, 0.25) is 0 Å². The van der Waals surface area contributed by atoms with Gasteiger partial charge < -0.3 is 23.7 Å². The van der Waals surface area contributed by atoms with Crippen LogP contribution < -0.4 is 23.7 Å². The van der Waals surface area contributed by atoms with E-state index < -0.39 is 23.7 Å². The third-order valence-electron chi connectivity index (χ3n) is 5.96. The van der Waals surface area contributed by atoms with Crippen molar-refractivity contribution >= 4 is 16.9 Å². The van der Waals surface area contributed by atoms with E-state index in [1.165, 1.54) is 13.2 Å². The number of methoxy groups -OCH3 is 1. The van der Waals surface area contributed by atoms with Gasteiger partial charge >= 0.3 is 18.2 Å². The Morgan fingerprint density at radius 3 is 2.39 bits per heavy atom. The molecule has 1 aliphatic heterocycles. The van der Waals surface area contributed by atoms with Gasteiger partial charge in [-0.25, -0.2) is 0 Å². The average molecular weight is 507 g/mol. The number of carbonyl (C=O) groups excluding carboxylic acids is 1. The molecule has 2 aliphatic rings. The molecular formula is C25H21F4NO6. The number of pyridine rings is 1. The Balaban J connectivity index is 1.55. The molecule has 0 saturated heterocycles. The van der Waals surface area contributed by atoms with E-state index in [-0.39, 0.29) is 29.1 Å². The molecule has 0 bridgehead atoms. The minimum atomic E-state index is -4.86. The van der Waals surface area contributed by atoms with E-state index in [0.29, 0.717) is 28.6 Å². The lowest BCUT2D eigenvalue weighted by atomic mass is 10.1. The number of benzene rings is 2. The predicted molar refractivity (Wildman–Crippen MR) is 118 cm³/mol. The van der Waals surface area contributed by atoms with Crippen molar-refractivity contribution in [2.45, 2.75) is 45.3 Å². The summed E-state index contributed by atoms with van der Waals surface area (Å²) in [6.07, 6.45) is -7.52. The summed E-state index contributed by atoms with van der Waals surface area (Å²) >= 11 is 0. The van der Waals surface area contributed by atoms with Crippen LogP contribution in [0.15, 0.2) is 30.3 Å². The summed E-state index contributed by atoms with van der Waals surface area (Å²) in [5, 5.41) is 0.484. The summed E-state index contributed by atoms with van der Waals surface area (Å²) < 4.78 is 79.4. The standard InChI is InChI=1S/C25H21F4NO6/c1-4-16-12(2)22(34-23(31)13-5-6-13)15-10-20(19(32-3)11-17(15)30-16)33-14-7-8-18-21(9-14)36-25(28,29)24(26,27)35-18/h7-11,13H,4-6H2,1-3H3. The van der Waals surface area contributed by atoms with Crippen molar-refractivity contribution in [3.05, 3.63) is 41.6 Å². The van der Waals surface area contributed by atoms with Crippen molar-refractivity contribution in [1.82, 2.24) is 4.98 Å². The van der Waals surface area contributed by atoms with Crippen molar-refractivity contribution < 1.29 is 46.0 Å². The fraction of sp³-hybridized carbons (Fsp3) is 0.360. The van der Waals surface area contributed by atoms with Crippen molar-refractivity contribution in [2.24, 2.45) is 5.92 Å². The number of rotatable bonds is 6. The van der Waals surface area contributed by atoms with Crippen LogP contribution in [-0.2, 0) is 11.2 Å². The molecule has 2 heterocycles. The third-order valence-corrected chi connectivity index (χ3v) is 5.96. The van der Waals surface area contributed by atoms with E-state index >= 15 is 0 Å². The third kappa shape index (κ3) is 4.12. The molecule has 0 atom stereocenters. The van der Waals surface area contributed by atoms with Gasteiger partial charge in [-0.2, -0.15) is 17.6 Å². The fourth-order valence-electron chi connectivity index (χ4n) is 3.84. The molecule has 2 aromatic carbocycles. The molecule has 5 rings (SSSR count). The normalized spacial score (nSPS) is 17.5. The number of fused-ring (bicyclic) bond motifs is 2. The molecule has 0 N–H and O–H groups in total. The molecule has 0 spiro atoms. The van der Waals surface area contributed by atoms with E-state index in [4.69, 9.17) is 14.2 Å². The number of aryl methyl sites for hydroxylation is 1. The van der Waals surface area contributed by atoms with Crippen molar-refractivity contribution in [3.63, 3.8) is 0 Å². The second-order valence-electron chi connectivity index (χ2n) is 8.53. The molecular weight excluding hydrogens is 486 g/mol. The summed E-state index contributed by atoms with van der Waals surface area (Å²) in [7, 11) is 1.41. The van der Waals surface area contributed by atoms with Crippen LogP contribution >= 0.6 is 0 Å². The van der Waals surface area contributed by atoms with Crippen LogP contribution in [0, 0.1) is 12.8 Å². The summed E-state index contributed by atoms with van der Waals surface area (Å²) in [6, 6.07) is 6.44. The molecule has 3 aromatic rings. The summed E-state index contributed by atoms with van der Waals surface area (Å²) in [6.45, 7) is 3.74. The predicted octanol–water partition coefficient (Wildman–Crippen LogP) is 6.18. The van der Waals surface area contributed by atoms with E-state index in [2.05, 4.69) is 14.5 Å². The SMILES string of the molecule is CCc1nc2cc(OC)c(Oc3ccc4c(c3)OC(F)(F)C(F)(F)O4)cc2c(OC(=O)C2CC2)c1C. The van der Waals surface area contributed by atoms with Gasteiger partial charge in [-0.1, -0.05) is 6.92 Å². The van der Waals surface area contributed by atoms with Crippen LogP contribution in [0.1, 0.15) is 31.0 Å². The lowest BCUT2D eigenvalue weighted by Gasteiger charge is -2.31. The van der Waals surface area contributed by atoms with Crippen molar-refractivity contribution in [2.75, 3.05) is 7.11 Å².